The normalized spacial score (nSPS) is 12.3. The zero-order valence-corrected chi connectivity index (χ0v) is 30.7. The molecule has 3 aromatic rings. The molecule has 3 rings (SSSR count). The van der Waals surface area contributed by atoms with E-state index in [0.29, 0.717) is 97.3 Å². The second-order valence-electron chi connectivity index (χ2n) is 12.5. The molecule has 51 heavy (non-hydrogen) atoms. The molecule has 1 atom stereocenters. The highest BCUT2D eigenvalue weighted by Crippen LogP contribution is 2.39. The third-order valence-electron chi connectivity index (χ3n) is 7.50. The maximum Gasteiger partial charge on any atom is 0.308 e. The van der Waals surface area contributed by atoms with Gasteiger partial charge in [-0.25, -0.2) is 0 Å². The smallest absolute Gasteiger partial charge is 0.308 e. The van der Waals surface area contributed by atoms with Crippen LogP contribution in [0.2, 0.25) is 0 Å². The van der Waals surface area contributed by atoms with Gasteiger partial charge in [-0.15, -0.1) is 15.0 Å². The van der Waals surface area contributed by atoms with Gasteiger partial charge in [-0.3, -0.25) is 4.79 Å². The van der Waals surface area contributed by atoms with E-state index >= 15 is 0 Å². The number of allylic oxidation sites excluding steroid dienone is 1. The number of phenols is 1. The van der Waals surface area contributed by atoms with Crippen LogP contribution in [0.1, 0.15) is 58.1 Å². The number of benzene rings is 2. The summed E-state index contributed by atoms with van der Waals surface area (Å²) in [4.78, 5) is 23.5. The molecule has 1 unspecified atom stereocenters. The molecule has 0 aliphatic carbocycles. The van der Waals surface area contributed by atoms with Crippen molar-refractivity contribution in [3.8, 4) is 11.4 Å². The fourth-order valence-electron chi connectivity index (χ4n) is 4.64. The molecule has 1 aromatic heterocycles. The summed E-state index contributed by atoms with van der Waals surface area (Å²) in [5.74, 6) is 0.0343. The molecule has 0 bridgehead atoms. The predicted molar refractivity (Wildman–Crippen MR) is 190 cm³/mol. The summed E-state index contributed by atoms with van der Waals surface area (Å²) >= 11 is 0. The number of carbonyl (C=O) groups excluding carboxylic acids is 1. The van der Waals surface area contributed by atoms with E-state index in [2.05, 4.69) is 16.8 Å². The standard InChI is InChI=1S/C37H55N3O11/c1-7-49-35(41)12-13-43-14-15-44-16-17-45-18-19-46-20-21-47-22-23-48-24-25-50-51-29(3)28(2)30-26-31(37(4,5)6)36(42)34(27-30)40-38-32-10-8-9-11-33(32)39-40/h8-11,26-28,42H,3,7,12-25H2,1-2,4-6H3. The molecule has 0 fully saturated rings. The number of ether oxygens (including phenoxy) is 7. The van der Waals surface area contributed by atoms with Crippen LogP contribution in [0.15, 0.2) is 48.7 Å². The number of hydrogen-bond donors (Lipinski definition) is 1. The average molecular weight is 718 g/mol. The first-order valence-corrected chi connectivity index (χ1v) is 17.4. The van der Waals surface area contributed by atoms with E-state index in [9.17, 15) is 9.90 Å². The van der Waals surface area contributed by atoms with Crippen LogP contribution >= 0.6 is 0 Å². The summed E-state index contributed by atoms with van der Waals surface area (Å²) in [5, 5.41) is 20.4. The average Bonchev–Trinajstić information content (AvgIpc) is 3.54. The highest BCUT2D eigenvalue weighted by Gasteiger charge is 2.25. The molecular weight excluding hydrogens is 662 g/mol. The van der Waals surface area contributed by atoms with Gasteiger partial charge in [-0.1, -0.05) is 52.5 Å². The van der Waals surface area contributed by atoms with E-state index in [4.69, 9.17) is 42.9 Å². The van der Waals surface area contributed by atoms with Crippen molar-refractivity contribution in [1.29, 1.82) is 0 Å². The molecule has 0 spiro atoms. The minimum absolute atomic E-state index is 0.128. The highest BCUT2D eigenvalue weighted by atomic mass is 17.2. The summed E-state index contributed by atoms with van der Waals surface area (Å²) in [6.07, 6.45) is 0.246. The Morgan fingerprint density at radius 1 is 0.784 bits per heavy atom. The minimum atomic E-state index is -0.340. The summed E-state index contributed by atoms with van der Waals surface area (Å²) in [5.41, 5.74) is 3.24. The van der Waals surface area contributed by atoms with Gasteiger partial charge in [0.25, 0.3) is 0 Å². The van der Waals surface area contributed by atoms with Crippen molar-refractivity contribution in [1.82, 2.24) is 15.0 Å². The Balaban J connectivity index is 1.20. The van der Waals surface area contributed by atoms with E-state index in [0.717, 1.165) is 22.2 Å². The number of hydrogen-bond acceptors (Lipinski definition) is 13. The lowest BCUT2D eigenvalue weighted by molar-refractivity contribution is -0.270. The molecule has 0 amide bonds. The molecule has 0 saturated heterocycles. The quantitative estimate of drug-likeness (QED) is 0.0369. The molecule has 1 N–H and O–H groups in total. The fraction of sp³-hybridized carbons (Fsp3) is 0.595. The first-order valence-electron chi connectivity index (χ1n) is 17.4. The Labute approximate surface area is 300 Å². The van der Waals surface area contributed by atoms with Crippen LogP contribution in [0.4, 0.5) is 0 Å². The van der Waals surface area contributed by atoms with Gasteiger partial charge in [0, 0.05) is 11.5 Å². The zero-order valence-electron chi connectivity index (χ0n) is 30.7. The maximum absolute atomic E-state index is 11.2. The van der Waals surface area contributed by atoms with Crippen molar-refractivity contribution < 1.29 is 52.8 Å². The number of rotatable bonds is 27. The maximum atomic E-state index is 11.2. The predicted octanol–water partition coefficient (Wildman–Crippen LogP) is 5.04. The molecule has 14 nitrogen and oxygen atoms in total. The molecule has 14 heteroatoms. The molecule has 284 valence electrons. The van der Waals surface area contributed by atoms with Crippen LogP contribution in [0, 0.1) is 0 Å². The van der Waals surface area contributed by atoms with Gasteiger partial charge in [0.15, 0.2) is 0 Å². The summed E-state index contributed by atoms with van der Waals surface area (Å²) in [7, 11) is 0. The van der Waals surface area contributed by atoms with Crippen LogP contribution in [0.25, 0.3) is 16.7 Å². The molecule has 0 aliphatic rings. The van der Waals surface area contributed by atoms with Gasteiger partial charge >= 0.3 is 5.97 Å². The first-order chi connectivity index (χ1) is 24.6. The summed E-state index contributed by atoms with van der Waals surface area (Å²) in [6, 6.07) is 11.4. The molecule has 0 saturated carbocycles. The SMILES string of the molecule is C=C(OOCCOCCOCCOCCOCCOCCOCCC(=O)OCC)C(C)c1cc(-n2nc3ccccc3n2)c(O)c(C(C)(C)C)c1. The van der Waals surface area contributed by atoms with Crippen molar-refractivity contribution in [3.05, 3.63) is 59.9 Å². The Bertz CT molecular complexity index is 1420. The summed E-state index contributed by atoms with van der Waals surface area (Å²) < 4.78 is 37.6. The van der Waals surface area contributed by atoms with Crippen molar-refractivity contribution in [2.75, 3.05) is 92.5 Å². The number of aromatic hydroxyl groups is 1. The largest absolute Gasteiger partial charge is 0.505 e. The molecule has 1 heterocycles. The Morgan fingerprint density at radius 2 is 1.25 bits per heavy atom. The number of esters is 1. The minimum Gasteiger partial charge on any atom is -0.505 e. The van der Waals surface area contributed by atoms with Crippen molar-refractivity contribution >= 4 is 17.0 Å². The van der Waals surface area contributed by atoms with E-state index in [1.165, 1.54) is 4.80 Å². The number of aromatic nitrogens is 3. The van der Waals surface area contributed by atoms with Gasteiger partial charge in [-0.05, 0) is 36.1 Å². The number of nitrogens with zero attached hydrogens (tertiary/aromatic N) is 3. The van der Waals surface area contributed by atoms with E-state index in [-0.39, 0.29) is 36.1 Å². The summed E-state index contributed by atoms with van der Waals surface area (Å²) in [6.45, 7) is 19.6. The van der Waals surface area contributed by atoms with Gasteiger partial charge in [-0.2, -0.15) is 4.89 Å². The monoisotopic (exact) mass is 717 g/mol. The van der Waals surface area contributed by atoms with Crippen molar-refractivity contribution in [2.45, 2.75) is 52.4 Å². The van der Waals surface area contributed by atoms with Gasteiger partial charge in [0.2, 0.25) is 0 Å². The van der Waals surface area contributed by atoms with E-state index in [1.807, 2.05) is 64.1 Å². The van der Waals surface area contributed by atoms with E-state index < -0.39 is 0 Å². The Kier molecular flexibility index (Phi) is 18.9. The topological polar surface area (TPSA) is 151 Å². The van der Waals surface area contributed by atoms with Gasteiger partial charge in [0.05, 0.1) is 92.3 Å². The van der Waals surface area contributed by atoms with Crippen LogP contribution < -0.4 is 0 Å². The third-order valence-corrected chi connectivity index (χ3v) is 7.50. The second-order valence-corrected chi connectivity index (χ2v) is 12.5. The lowest BCUT2D eigenvalue weighted by Gasteiger charge is -2.24. The van der Waals surface area contributed by atoms with Crippen LogP contribution in [0.3, 0.4) is 0 Å². The lowest BCUT2D eigenvalue weighted by Crippen LogP contribution is -2.15. The van der Waals surface area contributed by atoms with Crippen molar-refractivity contribution in [3.63, 3.8) is 0 Å². The third kappa shape index (κ3) is 15.3. The second kappa shape index (κ2) is 23.0. The first kappa shape index (κ1) is 41.8. The van der Waals surface area contributed by atoms with E-state index in [1.54, 1.807) is 6.92 Å². The number of carbonyl (C=O) groups is 1. The number of fused-ring (bicyclic) bond motifs is 1. The Morgan fingerprint density at radius 3 is 1.73 bits per heavy atom. The van der Waals surface area contributed by atoms with Gasteiger partial charge in [0.1, 0.15) is 34.8 Å². The molecule has 0 aliphatic heterocycles. The molecule has 0 radical (unpaired) electrons. The van der Waals surface area contributed by atoms with Crippen LogP contribution in [-0.2, 0) is 53.1 Å². The Hall–Kier alpha value is -3.63. The van der Waals surface area contributed by atoms with Crippen molar-refractivity contribution in [2.24, 2.45) is 0 Å². The zero-order chi connectivity index (χ0) is 36.9. The number of phenolic OH excluding ortho intramolecular Hbond substituents is 1. The molecular formula is C37H55N3O11. The van der Waals surface area contributed by atoms with Crippen LogP contribution in [0.5, 0.6) is 5.75 Å². The van der Waals surface area contributed by atoms with Gasteiger partial charge < -0.3 is 43.2 Å². The lowest BCUT2D eigenvalue weighted by atomic mass is 9.83. The molecule has 2 aromatic carbocycles. The fourth-order valence-corrected chi connectivity index (χ4v) is 4.64. The highest BCUT2D eigenvalue weighted by molar-refractivity contribution is 5.74. The van der Waals surface area contributed by atoms with Crippen LogP contribution in [-0.4, -0.2) is 119 Å².